The molecule has 0 aliphatic carbocycles. The van der Waals surface area contributed by atoms with Gasteiger partial charge < -0.3 is 10.4 Å². The van der Waals surface area contributed by atoms with Crippen molar-refractivity contribution in [2.45, 2.75) is 4.90 Å². The van der Waals surface area contributed by atoms with E-state index in [9.17, 15) is 4.79 Å². The molecule has 8 heteroatoms. The number of pyridine rings is 1. The standard InChI is InChI=1S/C21H19N5OS.H2O/c1-25(2)20(27)14-7-8-16-18(10-14)26(13-19(16)28-3)21-23-11-15(12-24-21)17-6-4-5-9-22-17;/h4-13H,1-3H3;1H2. The van der Waals surface area contributed by atoms with Crippen molar-refractivity contribution in [2.75, 3.05) is 20.4 Å². The average Bonchev–Trinajstić information content (AvgIpc) is 3.12. The zero-order valence-electron chi connectivity index (χ0n) is 16.3. The van der Waals surface area contributed by atoms with Crippen LogP contribution in [0.1, 0.15) is 10.4 Å². The minimum absolute atomic E-state index is 0. The summed E-state index contributed by atoms with van der Waals surface area (Å²) >= 11 is 1.65. The van der Waals surface area contributed by atoms with Gasteiger partial charge in [-0.05, 0) is 30.5 Å². The molecule has 4 aromatic rings. The molecule has 1 aromatic carbocycles. The Morgan fingerprint density at radius 3 is 2.45 bits per heavy atom. The Morgan fingerprint density at radius 1 is 1.07 bits per heavy atom. The van der Waals surface area contributed by atoms with Crippen LogP contribution < -0.4 is 0 Å². The lowest BCUT2D eigenvalue weighted by Crippen LogP contribution is -2.21. The van der Waals surface area contributed by atoms with Crippen molar-refractivity contribution >= 4 is 28.6 Å². The van der Waals surface area contributed by atoms with Gasteiger partial charge in [-0.25, -0.2) is 9.97 Å². The summed E-state index contributed by atoms with van der Waals surface area (Å²) in [6, 6.07) is 11.5. The van der Waals surface area contributed by atoms with Crippen LogP contribution in [0.5, 0.6) is 0 Å². The summed E-state index contributed by atoms with van der Waals surface area (Å²) in [5, 5.41) is 1.07. The van der Waals surface area contributed by atoms with Gasteiger partial charge in [0.05, 0.1) is 11.2 Å². The van der Waals surface area contributed by atoms with Crippen LogP contribution in [0.4, 0.5) is 0 Å². The zero-order chi connectivity index (χ0) is 19.7. The molecule has 0 aliphatic heterocycles. The third-order valence-electron chi connectivity index (χ3n) is 4.46. The molecule has 0 fully saturated rings. The molecule has 0 spiro atoms. The molecular weight excluding hydrogens is 386 g/mol. The van der Waals surface area contributed by atoms with Gasteiger partial charge in [0, 0.05) is 60.3 Å². The van der Waals surface area contributed by atoms with Crippen LogP contribution in [0.15, 0.2) is 66.1 Å². The van der Waals surface area contributed by atoms with Gasteiger partial charge in [0.15, 0.2) is 0 Å². The van der Waals surface area contributed by atoms with Gasteiger partial charge in [-0.2, -0.15) is 0 Å². The lowest BCUT2D eigenvalue weighted by molar-refractivity contribution is 0.0827. The van der Waals surface area contributed by atoms with Crippen molar-refractivity contribution in [3.8, 4) is 17.2 Å². The summed E-state index contributed by atoms with van der Waals surface area (Å²) in [7, 11) is 3.50. The average molecular weight is 407 g/mol. The summed E-state index contributed by atoms with van der Waals surface area (Å²) in [5.41, 5.74) is 3.22. The maximum atomic E-state index is 12.4. The number of hydrogen-bond acceptors (Lipinski definition) is 5. The zero-order valence-corrected chi connectivity index (χ0v) is 17.1. The third-order valence-corrected chi connectivity index (χ3v) is 5.22. The number of hydrogen-bond donors (Lipinski definition) is 0. The van der Waals surface area contributed by atoms with Gasteiger partial charge in [0.25, 0.3) is 5.91 Å². The highest BCUT2D eigenvalue weighted by atomic mass is 32.2. The van der Waals surface area contributed by atoms with E-state index in [-0.39, 0.29) is 11.4 Å². The quantitative estimate of drug-likeness (QED) is 0.485. The molecule has 7 nitrogen and oxygen atoms in total. The van der Waals surface area contributed by atoms with Crippen LogP contribution in [-0.4, -0.2) is 56.2 Å². The van der Waals surface area contributed by atoms with Crippen LogP contribution >= 0.6 is 11.8 Å². The maximum absolute atomic E-state index is 12.4. The maximum Gasteiger partial charge on any atom is 0.253 e. The fourth-order valence-electron chi connectivity index (χ4n) is 3.03. The number of nitrogens with zero attached hydrogens (tertiary/aromatic N) is 5. The van der Waals surface area contributed by atoms with Gasteiger partial charge in [-0.3, -0.25) is 14.3 Å². The first-order chi connectivity index (χ1) is 13.6. The van der Waals surface area contributed by atoms with Crippen molar-refractivity contribution in [1.82, 2.24) is 24.4 Å². The number of thioether (sulfide) groups is 1. The number of carbonyl (C=O) groups excluding carboxylic acids is 1. The molecule has 0 saturated carbocycles. The molecule has 3 aromatic heterocycles. The van der Waals surface area contributed by atoms with E-state index in [4.69, 9.17) is 0 Å². The highest BCUT2D eigenvalue weighted by molar-refractivity contribution is 7.98. The number of benzene rings is 1. The van der Waals surface area contributed by atoms with Crippen LogP contribution in [0, 0.1) is 0 Å². The second kappa shape index (κ2) is 8.42. The van der Waals surface area contributed by atoms with Crippen molar-refractivity contribution in [3.63, 3.8) is 0 Å². The van der Waals surface area contributed by atoms with E-state index in [1.807, 2.05) is 53.4 Å². The number of carbonyl (C=O) groups is 1. The van der Waals surface area contributed by atoms with Crippen LogP contribution in [-0.2, 0) is 0 Å². The highest BCUT2D eigenvalue weighted by Gasteiger charge is 2.15. The number of amides is 1. The fourth-order valence-corrected chi connectivity index (χ4v) is 3.63. The van der Waals surface area contributed by atoms with E-state index in [0.29, 0.717) is 11.5 Å². The lowest BCUT2D eigenvalue weighted by atomic mass is 10.1. The number of aromatic nitrogens is 4. The van der Waals surface area contributed by atoms with E-state index < -0.39 is 0 Å². The molecule has 4 rings (SSSR count). The highest BCUT2D eigenvalue weighted by Crippen LogP contribution is 2.31. The predicted molar refractivity (Wildman–Crippen MR) is 116 cm³/mol. The van der Waals surface area contributed by atoms with Crippen LogP contribution in [0.25, 0.3) is 28.1 Å². The third kappa shape index (κ3) is 3.85. The fraction of sp³-hybridized carbons (Fsp3) is 0.143. The molecule has 0 unspecified atom stereocenters. The van der Waals surface area contributed by atoms with Gasteiger partial charge in [0.1, 0.15) is 0 Å². The summed E-state index contributed by atoms with van der Waals surface area (Å²) in [4.78, 5) is 28.5. The Balaban J connectivity index is 0.00000240. The van der Waals surface area contributed by atoms with Crippen molar-refractivity contribution < 1.29 is 10.3 Å². The molecular formula is C21H21N5O2S. The molecule has 0 saturated heterocycles. The second-order valence-corrected chi connectivity index (χ2v) is 7.33. The monoisotopic (exact) mass is 407 g/mol. The van der Waals surface area contributed by atoms with Gasteiger partial charge in [-0.1, -0.05) is 12.1 Å². The van der Waals surface area contributed by atoms with Crippen molar-refractivity contribution in [3.05, 3.63) is 66.7 Å². The van der Waals surface area contributed by atoms with Crippen molar-refractivity contribution in [1.29, 1.82) is 0 Å². The molecule has 0 radical (unpaired) electrons. The van der Waals surface area contributed by atoms with E-state index in [1.54, 1.807) is 49.3 Å². The first-order valence-electron chi connectivity index (χ1n) is 8.73. The van der Waals surface area contributed by atoms with E-state index in [0.717, 1.165) is 27.1 Å². The minimum atomic E-state index is -0.0354. The molecule has 148 valence electrons. The SMILES string of the molecule is CSc1cn(-c2ncc(-c3ccccn3)cn2)c2cc(C(=O)N(C)C)ccc12.O. The Kier molecular flexibility index (Phi) is 5.95. The Hall–Kier alpha value is -3.23. The first-order valence-corrected chi connectivity index (χ1v) is 9.95. The van der Waals surface area contributed by atoms with Gasteiger partial charge in [0.2, 0.25) is 5.95 Å². The van der Waals surface area contributed by atoms with E-state index in [2.05, 4.69) is 15.0 Å². The number of fused-ring (bicyclic) bond motifs is 1. The second-order valence-electron chi connectivity index (χ2n) is 6.49. The summed E-state index contributed by atoms with van der Waals surface area (Å²) in [5.74, 6) is 0.520. The summed E-state index contributed by atoms with van der Waals surface area (Å²) in [6.45, 7) is 0. The van der Waals surface area contributed by atoms with Crippen molar-refractivity contribution in [2.24, 2.45) is 0 Å². The van der Waals surface area contributed by atoms with Crippen LogP contribution in [0.2, 0.25) is 0 Å². The molecule has 1 amide bonds. The molecule has 0 atom stereocenters. The normalized spacial score (nSPS) is 10.6. The van der Waals surface area contributed by atoms with E-state index >= 15 is 0 Å². The smallest absolute Gasteiger partial charge is 0.253 e. The van der Waals surface area contributed by atoms with Crippen LogP contribution in [0.3, 0.4) is 0 Å². The largest absolute Gasteiger partial charge is 0.412 e. The topological polar surface area (TPSA) is 95.4 Å². The Labute approximate surface area is 172 Å². The molecule has 2 N–H and O–H groups in total. The Morgan fingerprint density at radius 2 is 1.83 bits per heavy atom. The molecule has 3 heterocycles. The summed E-state index contributed by atoms with van der Waals surface area (Å²) in [6.07, 6.45) is 9.32. The van der Waals surface area contributed by atoms with Gasteiger partial charge in [-0.15, -0.1) is 11.8 Å². The Bertz CT molecular complexity index is 1140. The van der Waals surface area contributed by atoms with Gasteiger partial charge >= 0.3 is 0 Å². The number of rotatable bonds is 4. The summed E-state index contributed by atoms with van der Waals surface area (Å²) < 4.78 is 1.93. The lowest BCUT2D eigenvalue weighted by Gasteiger charge is -2.11. The molecule has 29 heavy (non-hydrogen) atoms. The minimum Gasteiger partial charge on any atom is -0.412 e. The predicted octanol–water partition coefficient (Wildman–Crippen LogP) is 3.08. The molecule has 0 aliphatic rings. The molecule has 0 bridgehead atoms. The first kappa shape index (κ1) is 20.5. The van der Waals surface area contributed by atoms with E-state index in [1.165, 1.54) is 0 Å².